The molecular formula is C9H9N5O4S. The van der Waals surface area contributed by atoms with Crippen molar-refractivity contribution in [3.8, 4) is 0 Å². The summed E-state index contributed by atoms with van der Waals surface area (Å²) in [5.41, 5.74) is 3.73. The van der Waals surface area contributed by atoms with Gasteiger partial charge in [-0.15, -0.1) is 0 Å². The van der Waals surface area contributed by atoms with Crippen molar-refractivity contribution in [2.45, 2.75) is 0 Å². The highest BCUT2D eigenvalue weighted by Gasteiger charge is 2.16. The van der Waals surface area contributed by atoms with Crippen LogP contribution in [-0.4, -0.2) is 20.8 Å². The lowest BCUT2D eigenvalue weighted by atomic mass is 10.2. The van der Waals surface area contributed by atoms with Gasteiger partial charge in [0.05, 0.1) is 15.8 Å². The van der Waals surface area contributed by atoms with Gasteiger partial charge in [-0.05, 0) is 18.0 Å². The number of hydrogen-bond donors (Lipinski definition) is 3. The molecule has 1 aromatic heterocycles. The second kappa shape index (κ2) is 4.65. The largest absolute Gasteiger partial charge is 0.393 e. The van der Waals surface area contributed by atoms with Gasteiger partial charge in [-0.3, -0.25) is 19.7 Å². The predicted octanol–water partition coefficient (Wildman–Crippen LogP) is 0.00170. The lowest BCUT2D eigenvalue weighted by Gasteiger charge is -2.06. The highest BCUT2D eigenvalue weighted by molar-refractivity contribution is 7.99. The van der Waals surface area contributed by atoms with E-state index in [-0.39, 0.29) is 22.3 Å². The van der Waals surface area contributed by atoms with Crippen LogP contribution in [0.4, 0.5) is 11.4 Å². The number of nitro benzene ring substituents is 1. The van der Waals surface area contributed by atoms with Gasteiger partial charge >= 0.3 is 5.69 Å². The van der Waals surface area contributed by atoms with Gasteiger partial charge in [0.15, 0.2) is 0 Å². The van der Waals surface area contributed by atoms with Gasteiger partial charge in [0, 0.05) is 12.3 Å². The minimum atomic E-state index is -0.717. The Kier molecular flexibility index (Phi) is 3.17. The number of benzene rings is 1. The highest BCUT2D eigenvalue weighted by Crippen LogP contribution is 2.24. The van der Waals surface area contributed by atoms with Gasteiger partial charge in [0.1, 0.15) is 5.69 Å². The van der Waals surface area contributed by atoms with Gasteiger partial charge in [0.2, 0.25) is 0 Å². The summed E-state index contributed by atoms with van der Waals surface area (Å²) in [6.45, 7) is 0. The van der Waals surface area contributed by atoms with E-state index in [0.29, 0.717) is 0 Å². The maximum absolute atomic E-state index is 12.0. The second-order valence-corrected chi connectivity index (χ2v) is 4.17. The first-order valence-electron chi connectivity index (χ1n) is 4.97. The van der Waals surface area contributed by atoms with E-state index in [2.05, 4.69) is 9.82 Å². The van der Waals surface area contributed by atoms with Gasteiger partial charge in [-0.1, -0.05) is 0 Å². The third-order valence-electron chi connectivity index (χ3n) is 2.42. The summed E-state index contributed by atoms with van der Waals surface area (Å²) in [6, 6.07) is 2.24. The van der Waals surface area contributed by atoms with Crippen molar-refractivity contribution in [3.63, 3.8) is 0 Å². The van der Waals surface area contributed by atoms with Crippen molar-refractivity contribution in [3.05, 3.63) is 43.1 Å². The lowest BCUT2D eigenvalue weighted by Crippen LogP contribution is -2.38. The number of anilines is 1. The molecule has 0 fully saturated rings. The Bertz CT molecular complexity index is 780. The number of nitrogens with zero attached hydrogens (tertiary/aromatic N) is 2. The highest BCUT2D eigenvalue weighted by atomic mass is 32.2. The summed E-state index contributed by atoms with van der Waals surface area (Å²) in [5.74, 6) is 0. The molecule has 0 radical (unpaired) electrons. The molecule has 0 saturated carbocycles. The van der Waals surface area contributed by atoms with Crippen LogP contribution in [0.5, 0.6) is 0 Å². The number of nitro groups is 1. The number of nitrogens with two attached hydrogens (primary N) is 1. The lowest BCUT2D eigenvalue weighted by molar-refractivity contribution is -0.383. The molecule has 0 spiro atoms. The number of nitrogen functional groups attached to an aromatic ring is 1. The Hall–Kier alpha value is -2.49. The van der Waals surface area contributed by atoms with Crippen molar-refractivity contribution in [1.29, 1.82) is 0 Å². The summed E-state index contributed by atoms with van der Waals surface area (Å²) >= 11 is 1.06. The molecule has 0 aliphatic carbocycles. The standard InChI is InChI=1S/C9H9N5O4S/c1-19-12-13-8(15)4-2-5(10)7(14(17)18)3-6(4)11-9(13)16/h2-3,12H,10H2,1H3,(H,11,16). The van der Waals surface area contributed by atoms with Gasteiger partial charge < -0.3 is 10.7 Å². The molecule has 0 unspecified atom stereocenters. The molecule has 0 amide bonds. The quantitative estimate of drug-likeness (QED) is 0.312. The Morgan fingerprint density at radius 2 is 2.16 bits per heavy atom. The van der Waals surface area contributed by atoms with Crippen molar-refractivity contribution in [1.82, 2.24) is 9.66 Å². The summed E-state index contributed by atoms with van der Waals surface area (Å²) in [7, 11) is 0. The minimum Gasteiger partial charge on any atom is -0.393 e. The third-order valence-corrected chi connectivity index (χ3v) is 2.79. The predicted molar refractivity (Wildman–Crippen MR) is 72.8 cm³/mol. The monoisotopic (exact) mass is 283 g/mol. The molecule has 100 valence electrons. The molecule has 10 heteroatoms. The number of hydrogen-bond acceptors (Lipinski definition) is 7. The van der Waals surface area contributed by atoms with Crippen molar-refractivity contribution in [2.24, 2.45) is 0 Å². The number of aromatic nitrogens is 2. The van der Waals surface area contributed by atoms with Crippen LogP contribution in [0.3, 0.4) is 0 Å². The zero-order chi connectivity index (χ0) is 14.2. The normalized spacial score (nSPS) is 10.6. The molecule has 0 atom stereocenters. The maximum atomic E-state index is 12.0. The Labute approximate surface area is 109 Å². The smallest absolute Gasteiger partial charge is 0.348 e. The molecule has 2 aromatic rings. The van der Waals surface area contributed by atoms with E-state index >= 15 is 0 Å². The first kappa shape index (κ1) is 13.0. The Balaban J connectivity index is 2.86. The molecular weight excluding hydrogens is 274 g/mol. The van der Waals surface area contributed by atoms with Crippen molar-refractivity contribution >= 4 is 34.2 Å². The first-order valence-corrected chi connectivity index (χ1v) is 6.20. The third kappa shape index (κ3) is 2.12. The van der Waals surface area contributed by atoms with E-state index in [1.165, 1.54) is 6.07 Å². The average Bonchev–Trinajstić information content (AvgIpc) is 2.35. The zero-order valence-electron chi connectivity index (χ0n) is 9.67. The molecule has 0 bridgehead atoms. The molecule has 0 saturated heterocycles. The molecule has 1 aromatic carbocycles. The van der Waals surface area contributed by atoms with Crippen LogP contribution in [0.1, 0.15) is 0 Å². The van der Waals surface area contributed by atoms with E-state index in [1.54, 1.807) is 6.26 Å². The fourth-order valence-electron chi connectivity index (χ4n) is 1.60. The molecule has 19 heavy (non-hydrogen) atoms. The van der Waals surface area contributed by atoms with Crippen LogP contribution >= 0.6 is 11.9 Å². The summed E-state index contributed by atoms with van der Waals surface area (Å²) in [4.78, 5) is 38.6. The summed E-state index contributed by atoms with van der Waals surface area (Å²) < 4.78 is 0.762. The van der Waals surface area contributed by atoms with Crippen LogP contribution in [0.2, 0.25) is 0 Å². The second-order valence-electron chi connectivity index (χ2n) is 3.58. The average molecular weight is 283 g/mol. The van der Waals surface area contributed by atoms with Gasteiger partial charge in [-0.2, -0.15) is 4.68 Å². The van der Waals surface area contributed by atoms with Crippen LogP contribution in [-0.2, 0) is 0 Å². The fourth-order valence-corrected chi connectivity index (χ4v) is 1.95. The van der Waals surface area contributed by atoms with E-state index in [0.717, 1.165) is 22.7 Å². The van der Waals surface area contributed by atoms with Crippen LogP contribution in [0.25, 0.3) is 10.9 Å². The summed E-state index contributed by atoms with van der Waals surface area (Å²) in [5, 5.41) is 10.8. The minimum absolute atomic E-state index is 0.0649. The molecule has 0 aliphatic heterocycles. The Morgan fingerprint density at radius 1 is 1.47 bits per heavy atom. The van der Waals surface area contributed by atoms with Crippen LogP contribution in [0, 0.1) is 10.1 Å². The van der Waals surface area contributed by atoms with Gasteiger partial charge in [0.25, 0.3) is 11.2 Å². The van der Waals surface area contributed by atoms with Crippen molar-refractivity contribution < 1.29 is 4.92 Å². The Morgan fingerprint density at radius 3 is 2.74 bits per heavy atom. The van der Waals surface area contributed by atoms with Crippen LogP contribution in [0.15, 0.2) is 21.7 Å². The molecule has 9 nitrogen and oxygen atoms in total. The van der Waals surface area contributed by atoms with Crippen molar-refractivity contribution in [2.75, 3.05) is 16.8 Å². The first-order chi connectivity index (χ1) is 8.95. The molecule has 4 N–H and O–H groups in total. The summed E-state index contributed by atoms with van der Waals surface area (Å²) in [6.07, 6.45) is 1.64. The van der Waals surface area contributed by atoms with E-state index in [1.807, 2.05) is 0 Å². The van der Waals surface area contributed by atoms with Gasteiger partial charge in [-0.25, -0.2) is 4.79 Å². The SMILES string of the molecule is CSNn1c(=O)[nH]c2cc([N+](=O)[O-])c(N)cc2c1=O. The maximum Gasteiger partial charge on any atom is 0.348 e. The van der Waals surface area contributed by atoms with E-state index < -0.39 is 16.2 Å². The fraction of sp³-hybridized carbons (Fsp3) is 0.111. The van der Waals surface area contributed by atoms with E-state index in [9.17, 15) is 19.7 Å². The molecule has 1 heterocycles. The molecule has 0 aliphatic rings. The van der Waals surface area contributed by atoms with Crippen LogP contribution < -0.4 is 21.8 Å². The number of H-pyrrole nitrogens is 1. The number of rotatable bonds is 3. The number of aromatic amines is 1. The zero-order valence-corrected chi connectivity index (χ0v) is 10.5. The topological polar surface area (TPSA) is 136 Å². The number of fused-ring (bicyclic) bond motifs is 1. The van der Waals surface area contributed by atoms with E-state index in [4.69, 9.17) is 5.73 Å². The molecule has 2 rings (SSSR count). The number of nitrogens with one attached hydrogen (secondary N) is 2.